The summed E-state index contributed by atoms with van der Waals surface area (Å²) in [5.41, 5.74) is 3.19. The minimum Gasteiger partial charge on any atom is -0.317 e. The van der Waals surface area contributed by atoms with E-state index in [1.807, 2.05) is 29.5 Å². The summed E-state index contributed by atoms with van der Waals surface area (Å²) in [4.78, 5) is 15.0. The molecule has 2 N–H and O–H groups in total. The molecule has 1 fully saturated rings. The number of aromatic nitrogens is 4. The molecule has 7 heteroatoms. The third-order valence-electron chi connectivity index (χ3n) is 4.93. The van der Waals surface area contributed by atoms with E-state index in [0.717, 1.165) is 55.0 Å². The fourth-order valence-electron chi connectivity index (χ4n) is 3.71. The van der Waals surface area contributed by atoms with Crippen LogP contribution in [-0.4, -0.2) is 37.5 Å². The smallest absolute Gasteiger partial charge is 0.317 e. The zero-order valence-corrected chi connectivity index (χ0v) is 15.5. The largest absolute Gasteiger partial charge is 0.323 e. The highest BCUT2D eigenvalue weighted by molar-refractivity contribution is 5.88. The first-order valence-corrected chi connectivity index (χ1v) is 9.11. The van der Waals surface area contributed by atoms with Gasteiger partial charge in [0.05, 0.1) is 17.9 Å². The second kappa shape index (κ2) is 7.29. The standard InChI is InChI=1S/C18H28N6O/c1-12(2)24-16(9-10-19-24)20-18(25)23-11-7-5-6-8-15(23)17-13(3)21-22-14(17)4/h9-10,12,15H,5-8,11H2,1-4H3,(H,20,25)(H,21,22)/t15-/m0/s1. The Balaban J connectivity index is 1.86. The van der Waals surface area contributed by atoms with Gasteiger partial charge in [-0.1, -0.05) is 12.8 Å². The lowest BCUT2D eigenvalue weighted by Gasteiger charge is -2.31. The number of nitrogens with zero attached hydrogens (tertiary/aromatic N) is 4. The first-order chi connectivity index (χ1) is 12.0. The third kappa shape index (κ3) is 3.55. The van der Waals surface area contributed by atoms with Crippen LogP contribution in [0.2, 0.25) is 0 Å². The quantitative estimate of drug-likeness (QED) is 0.885. The average Bonchev–Trinajstić information content (AvgIpc) is 3.07. The lowest BCUT2D eigenvalue weighted by molar-refractivity contribution is 0.189. The van der Waals surface area contributed by atoms with Crippen LogP contribution in [0.3, 0.4) is 0 Å². The lowest BCUT2D eigenvalue weighted by atomic mass is 9.99. The first-order valence-electron chi connectivity index (χ1n) is 9.11. The molecule has 1 atom stereocenters. The number of hydrogen-bond donors (Lipinski definition) is 2. The molecular formula is C18H28N6O. The van der Waals surface area contributed by atoms with Crippen LogP contribution in [0.15, 0.2) is 12.3 Å². The van der Waals surface area contributed by atoms with Crippen LogP contribution in [0.1, 0.15) is 68.6 Å². The van der Waals surface area contributed by atoms with Gasteiger partial charge in [-0.15, -0.1) is 0 Å². The Morgan fingerprint density at radius 1 is 1.32 bits per heavy atom. The predicted molar refractivity (Wildman–Crippen MR) is 97.6 cm³/mol. The number of hydrogen-bond acceptors (Lipinski definition) is 3. The normalized spacial score (nSPS) is 18.4. The van der Waals surface area contributed by atoms with Gasteiger partial charge in [-0.05, 0) is 40.5 Å². The highest BCUT2D eigenvalue weighted by Gasteiger charge is 2.30. The van der Waals surface area contributed by atoms with Crippen molar-refractivity contribution in [1.29, 1.82) is 0 Å². The van der Waals surface area contributed by atoms with Gasteiger partial charge in [0.2, 0.25) is 0 Å². The van der Waals surface area contributed by atoms with Crippen molar-refractivity contribution in [2.45, 2.75) is 65.5 Å². The van der Waals surface area contributed by atoms with Crippen molar-refractivity contribution in [3.05, 3.63) is 29.2 Å². The molecule has 7 nitrogen and oxygen atoms in total. The van der Waals surface area contributed by atoms with Crippen LogP contribution in [0.5, 0.6) is 0 Å². The molecule has 1 aliphatic heterocycles. The summed E-state index contributed by atoms with van der Waals surface area (Å²) < 4.78 is 1.83. The van der Waals surface area contributed by atoms with Gasteiger partial charge in [0, 0.05) is 29.9 Å². The van der Waals surface area contributed by atoms with Crippen molar-refractivity contribution in [2.24, 2.45) is 0 Å². The number of carbonyl (C=O) groups excluding carboxylic acids is 1. The molecule has 1 aliphatic rings. The number of carbonyl (C=O) groups is 1. The molecule has 0 spiro atoms. The van der Waals surface area contributed by atoms with Gasteiger partial charge in [0.15, 0.2) is 0 Å². The van der Waals surface area contributed by atoms with Crippen LogP contribution in [-0.2, 0) is 0 Å². The van der Waals surface area contributed by atoms with Crippen molar-refractivity contribution in [3.63, 3.8) is 0 Å². The fourth-order valence-corrected chi connectivity index (χ4v) is 3.71. The van der Waals surface area contributed by atoms with E-state index >= 15 is 0 Å². The van der Waals surface area contributed by atoms with E-state index in [9.17, 15) is 4.79 Å². The molecule has 0 aromatic carbocycles. The highest BCUT2D eigenvalue weighted by atomic mass is 16.2. The second-order valence-electron chi connectivity index (χ2n) is 7.09. The summed E-state index contributed by atoms with van der Waals surface area (Å²) >= 11 is 0. The number of likely N-dealkylation sites (tertiary alicyclic amines) is 1. The summed E-state index contributed by atoms with van der Waals surface area (Å²) in [6.07, 6.45) is 6.00. The van der Waals surface area contributed by atoms with E-state index in [4.69, 9.17) is 0 Å². The minimum absolute atomic E-state index is 0.0608. The highest BCUT2D eigenvalue weighted by Crippen LogP contribution is 2.33. The van der Waals surface area contributed by atoms with E-state index in [0.29, 0.717) is 0 Å². The van der Waals surface area contributed by atoms with Crippen LogP contribution >= 0.6 is 0 Å². The van der Waals surface area contributed by atoms with Gasteiger partial charge >= 0.3 is 6.03 Å². The Morgan fingerprint density at radius 3 is 2.80 bits per heavy atom. The number of nitrogens with one attached hydrogen (secondary N) is 2. The number of H-pyrrole nitrogens is 1. The average molecular weight is 344 g/mol. The van der Waals surface area contributed by atoms with Gasteiger partial charge < -0.3 is 4.90 Å². The molecule has 3 rings (SSSR count). The van der Waals surface area contributed by atoms with Crippen LogP contribution in [0.4, 0.5) is 10.6 Å². The van der Waals surface area contributed by atoms with E-state index in [1.54, 1.807) is 6.20 Å². The van der Waals surface area contributed by atoms with Crippen molar-refractivity contribution in [3.8, 4) is 0 Å². The Morgan fingerprint density at radius 2 is 2.12 bits per heavy atom. The summed E-state index contributed by atoms with van der Waals surface area (Å²) in [6, 6.07) is 2.05. The van der Waals surface area contributed by atoms with Gasteiger partial charge in [0.25, 0.3) is 0 Å². The maximum Gasteiger partial charge on any atom is 0.323 e. The molecule has 0 bridgehead atoms. The number of amides is 2. The summed E-state index contributed by atoms with van der Waals surface area (Å²) in [6.45, 7) is 8.90. The molecule has 0 aliphatic carbocycles. The minimum atomic E-state index is -0.0608. The molecule has 2 aromatic heterocycles. The van der Waals surface area contributed by atoms with Gasteiger partial charge in [-0.2, -0.15) is 10.2 Å². The zero-order valence-electron chi connectivity index (χ0n) is 15.5. The Kier molecular flexibility index (Phi) is 5.11. The first kappa shape index (κ1) is 17.5. The zero-order chi connectivity index (χ0) is 18.0. The van der Waals surface area contributed by atoms with Gasteiger partial charge in [-0.25, -0.2) is 9.48 Å². The summed E-state index contributed by atoms with van der Waals surface area (Å²) in [5, 5.41) is 14.7. The second-order valence-corrected chi connectivity index (χ2v) is 7.09. The lowest BCUT2D eigenvalue weighted by Crippen LogP contribution is -2.39. The van der Waals surface area contributed by atoms with E-state index in [2.05, 4.69) is 34.5 Å². The molecule has 0 radical (unpaired) electrons. The fraction of sp³-hybridized carbons (Fsp3) is 0.611. The van der Waals surface area contributed by atoms with Crippen LogP contribution < -0.4 is 5.32 Å². The third-order valence-corrected chi connectivity index (χ3v) is 4.93. The Bertz CT molecular complexity index is 712. The van der Waals surface area contributed by atoms with E-state index < -0.39 is 0 Å². The van der Waals surface area contributed by atoms with Crippen molar-refractivity contribution >= 4 is 11.8 Å². The van der Waals surface area contributed by atoms with Crippen molar-refractivity contribution in [1.82, 2.24) is 24.9 Å². The van der Waals surface area contributed by atoms with E-state index in [1.165, 1.54) is 0 Å². The topological polar surface area (TPSA) is 78.8 Å². The van der Waals surface area contributed by atoms with Gasteiger partial charge in [-0.3, -0.25) is 10.4 Å². The Labute approximate surface area is 148 Å². The molecule has 2 aromatic rings. The van der Waals surface area contributed by atoms with Gasteiger partial charge in [0.1, 0.15) is 5.82 Å². The number of aromatic amines is 1. The van der Waals surface area contributed by atoms with Crippen LogP contribution in [0, 0.1) is 13.8 Å². The molecule has 3 heterocycles. The summed E-state index contributed by atoms with van der Waals surface area (Å²) in [7, 11) is 0. The number of anilines is 1. The maximum absolute atomic E-state index is 13.1. The number of aryl methyl sites for hydroxylation is 2. The molecule has 136 valence electrons. The molecule has 1 saturated heterocycles. The maximum atomic E-state index is 13.1. The molecule has 0 saturated carbocycles. The predicted octanol–water partition coefficient (Wildman–Crippen LogP) is 3.95. The van der Waals surface area contributed by atoms with E-state index in [-0.39, 0.29) is 18.1 Å². The van der Waals surface area contributed by atoms with Crippen molar-refractivity contribution < 1.29 is 4.79 Å². The molecule has 25 heavy (non-hydrogen) atoms. The molecule has 0 unspecified atom stereocenters. The monoisotopic (exact) mass is 344 g/mol. The summed E-state index contributed by atoms with van der Waals surface area (Å²) in [5.74, 6) is 0.739. The number of rotatable bonds is 3. The Hall–Kier alpha value is -2.31. The van der Waals surface area contributed by atoms with Crippen LogP contribution in [0.25, 0.3) is 0 Å². The molecule has 2 amide bonds. The van der Waals surface area contributed by atoms with Crippen molar-refractivity contribution in [2.75, 3.05) is 11.9 Å². The molecular weight excluding hydrogens is 316 g/mol. The number of urea groups is 1. The SMILES string of the molecule is Cc1n[nH]c(C)c1[C@@H]1CCCCCN1C(=O)Nc1ccnn1C(C)C.